The van der Waals surface area contributed by atoms with Crippen molar-refractivity contribution in [2.75, 3.05) is 36.0 Å². The highest BCUT2D eigenvalue weighted by atomic mass is 35.5. The molecule has 156 valence electrons. The third-order valence-corrected chi connectivity index (χ3v) is 5.17. The topological polar surface area (TPSA) is 44.8 Å². The van der Waals surface area contributed by atoms with Crippen molar-refractivity contribution < 1.29 is 18.3 Å². The maximum absolute atomic E-state index is 14.5. The molecule has 0 aliphatic carbocycles. The number of halogens is 3. The van der Waals surface area contributed by atoms with E-state index in [0.717, 1.165) is 13.1 Å². The van der Waals surface area contributed by atoms with E-state index in [1.54, 1.807) is 32.0 Å². The molecule has 2 aromatic carbocycles. The molecule has 2 aliphatic heterocycles. The van der Waals surface area contributed by atoms with E-state index in [2.05, 4.69) is 5.32 Å². The molecule has 0 radical (unpaired) electrons. The Morgan fingerprint density at radius 2 is 1.76 bits per heavy atom. The molecule has 1 amide bonds. The Bertz CT molecular complexity index is 917. The lowest BCUT2D eigenvalue weighted by molar-refractivity contribution is -0.132. The second-order valence-electron chi connectivity index (χ2n) is 7.61. The second-order valence-corrected chi connectivity index (χ2v) is 7.61. The minimum absolute atomic E-state index is 0. The van der Waals surface area contributed by atoms with Gasteiger partial charge in [-0.15, -0.1) is 12.4 Å². The summed E-state index contributed by atoms with van der Waals surface area (Å²) in [5.74, 6) is -0.730. The molecule has 0 unspecified atom stereocenters. The minimum Gasteiger partial charge on any atom is -0.474 e. The number of piperazine rings is 1. The smallest absolute Gasteiger partial charge is 0.271 e. The second kappa shape index (κ2) is 8.16. The van der Waals surface area contributed by atoms with Crippen molar-refractivity contribution in [2.45, 2.75) is 26.0 Å². The van der Waals surface area contributed by atoms with Gasteiger partial charge in [-0.05, 0) is 19.9 Å². The normalized spacial score (nSPS) is 18.0. The number of benzene rings is 2. The number of hydrogen-bond acceptors (Lipinski definition) is 4. The van der Waals surface area contributed by atoms with Gasteiger partial charge in [0.1, 0.15) is 11.6 Å². The van der Waals surface area contributed by atoms with Crippen molar-refractivity contribution in [2.24, 2.45) is 0 Å². The van der Waals surface area contributed by atoms with E-state index in [9.17, 15) is 13.6 Å². The van der Waals surface area contributed by atoms with Crippen LogP contribution in [0.3, 0.4) is 0 Å². The van der Waals surface area contributed by atoms with Crippen molar-refractivity contribution in [3.8, 4) is 5.75 Å². The summed E-state index contributed by atoms with van der Waals surface area (Å²) in [6, 6.07) is 9.02. The predicted octanol–water partition coefficient (Wildman–Crippen LogP) is 3.50. The van der Waals surface area contributed by atoms with Gasteiger partial charge in [0.05, 0.1) is 17.9 Å². The number of amides is 1. The first-order chi connectivity index (χ1) is 13.4. The Morgan fingerprint density at radius 1 is 1.10 bits per heavy atom. The summed E-state index contributed by atoms with van der Waals surface area (Å²) in [6.07, 6.45) is 0. The number of hydrogen-bond donors (Lipinski definition) is 1. The van der Waals surface area contributed by atoms with E-state index < -0.39 is 17.2 Å². The highest BCUT2D eigenvalue weighted by molar-refractivity contribution is 6.03. The largest absolute Gasteiger partial charge is 0.474 e. The van der Waals surface area contributed by atoms with Crippen molar-refractivity contribution in [3.63, 3.8) is 0 Å². The van der Waals surface area contributed by atoms with Gasteiger partial charge in [-0.1, -0.05) is 18.2 Å². The fourth-order valence-electron chi connectivity index (χ4n) is 3.70. The number of nitrogens with zero attached hydrogens (tertiary/aromatic N) is 2. The number of nitrogens with one attached hydrogen (secondary N) is 1. The van der Waals surface area contributed by atoms with Crippen molar-refractivity contribution >= 4 is 29.7 Å². The lowest BCUT2D eigenvalue weighted by Gasteiger charge is -2.41. The Morgan fingerprint density at radius 3 is 2.45 bits per heavy atom. The van der Waals surface area contributed by atoms with Crippen LogP contribution < -0.4 is 19.9 Å². The van der Waals surface area contributed by atoms with Crippen LogP contribution in [-0.4, -0.2) is 37.7 Å². The van der Waals surface area contributed by atoms with E-state index in [1.807, 2.05) is 4.90 Å². The number of anilines is 2. The number of carbonyl (C=O) groups excluding carboxylic acids is 1. The molecule has 0 saturated carbocycles. The number of ether oxygens (including phenoxy) is 1. The highest BCUT2D eigenvalue weighted by Gasteiger charge is 2.43. The highest BCUT2D eigenvalue weighted by Crippen LogP contribution is 2.46. The van der Waals surface area contributed by atoms with Gasteiger partial charge in [-0.25, -0.2) is 8.78 Å². The molecule has 1 fully saturated rings. The van der Waals surface area contributed by atoms with Crippen LogP contribution in [0.2, 0.25) is 0 Å². The number of fused-ring (bicyclic) bond motifs is 1. The zero-order valence-electron chi connectivity index (χ0n) is 16.4. The molecule has 4 rings (SSSR count). The molecule has 0 atom stereocenters. The van der Waals surface area contributed by atoms with Gasteiger partial charge in [0.2, 0.25) is 0 Å². The molecule has 1 saturated heterocycles. The summed E-state index contributed by atoms with van der Waals surface area (Å²) in [6.45, 7) is 6.35. The standard InChI is InChI=1S/C21H23F2N3O2.ClH/c1-21(2)20(27)26(13-14-5-3-4-6-16(14)23)18-12-15(22)11-17(19(18)28-21)25-9-7-24-8-10-25;/h3-6,11-12,24H,7-10,13H2,1-2H3;1H. The molecule has 8 heteroatoms. The summed E-state index contributed by atoms with van der Waals surface area (Å²) in [7, 11) is 0. The van der Waals surface area contributed by atoms with Crippen LogP contribution in [0.15, 0.2) is 36.4 Å². The molecule has 0 spiro atoms. The summed E-state index contributed by atoms with van der Waals surface area (Å²) < 4.78 is 34.8. The van der Waals surface area contributed by atoms with E-state index >= 15 is 0 Å². The van der Waals surface area contributed by atoms with Gasteiger partial charge in [0, 0.05) is 43.9 Å². The minimum atomic E-state index is -1.14. The van der Waals surface area contributed by atoms with E-state index in [1.165, 1.54) is 23.1 Å². The van der Waals surface area contributed by atoms with E-state index in [4.69, 9.17) is 4.74 Å². The first-order valence-corrected chi connectivity index (χ1v) is 9.40. The molecule has 2 heterocycles. The molecule has 0 bridgehead atoms. The van der Waals surface area contributed by atoms with Crippen LogP contribution in [0.25, 0.3) is 0 Å². The summed E-state index contributed by atoms with van der Waals surface area (Å²) in [5, 5.41) is 3.27. The molecule has 29 heavy (non-hydrogen) atoms. The molecule has 0 aromatic heterocycles. The van der Waals surface area contributed by atoms with Crippen LogP contribution >= 0.6 is 12.4 Å². The predicted molar refractivity (Wildman–Crippen MR) is 111 cm³/mol. The summed E-state index contributed by atoms with van der Waals surface area (Å²) >= 11 is 0. The maximum atomic E-state index is 14.5. The fraction of sp³-hybridized carbons (Fsp3) is 0.381. The molecular weight excluding hydrogens is 400 g/mol. The van der Waals surface area contributed by atoms with Crippen molar-refractivity contribution in [3.05, 3.63) is 53.6 Å². The Hall–Kier alpha value is -2.38. The van der Waals surface area contributed by atoms with Gasteiger partial charge < -0.3 is 19.9 Å². The van der Waals surface area contributed by atoms with Gasteiger partial charge in [-0.2, -0.15) is 0 Å². The quantitative estimate of drug-likeness (QED) is 0.820. The lowest BCUT2D eigenvalue weighted by atomic mass is 10.0. The summed E-state index contributed by atoms with van der Waals surface area (Å²) in [4.78, 5) is 16.5. The van der Waals surface area contributed by atoms with Gasteiger partial charge in [0.25, 0.3) is 5.91 Å². The third-order valence-electron chi connectivity index (χ3n) is 5.17. The number of carbonyl (C=O) groups is 1. The lowest BCUT2D eigenvalue weighted by Crippen LogP contribution is -2.53. The van der Waals surface area contributed by atoms with Crippen LogP contribution in [0.5, 0.6) is 5.75 Å². The van der Waals surface area contributed by atoms with Gasteiger partial charge in [-0.3, -0.25) is 4.79 Å². The molecule has 5 nitrogen and oxygen atoms in total. The SMILES string of the molecule is CC1(C)Oc2c(N3CCNCC3)cc(F)cc2N(Cc2ccccc2F)C1=O.Cl. The van der Waals surface area contributed by atoms with Crippen molar-refractivity contribution in [1.29, 1.82) is 0 Å². The van der Waals surface area contributed by atoms with Crippen LogP contribution in [-0.2, 0) is 11.3 Å². The van der Waals surface area contributed by atoms with E-state index in [0.29, 0.717) is 35.8 Å². The first kappa shape index (κ1) is 21.3. The van der Waals surface area contributed by atoms with Crippen LogP contribution in [0.1, 0.15) is 19.4 Å². The maximum Gasteiger partial charge on any atom is 0.271 e. The Balaban J connectivity index is 0.00000240. The monoisotopic (exact) mass is 423 g/mol. The van der Waals surface area contributed by atoms with Crippen molar-refractivity contribution in [1.82, 2.24) is 5.32 Å². The van der Waals surface area contributed by atoms with Crippen LogP contribution in [0, 0.1) is 11.6 Å². The zero-order chi connectivity index (χ0) is 19.9. The molecule has 2 aliphatic rings. The third kappa shape index (κ3) is 4.02. The number of rotatable bonds is 3. The average Bonchev–Trinajstić information content (AvgIpc) is 2.68. The Kier molecular flexibility index (Phi) is 6.00. The first-order valence-electron chi connectivity index (χ1n) is 9.40. The summed E-state index contributed by atoms with van der Waals surface area (Å²) in [5.41, 5.74) is 0.183. The van der Waals surface area contributed by atoms with Crippen LogP contribution in [0.4, 0.5) is 20.2 Å². The fourth-order valence-corrected chi connectivity index (χ4v) is 3.70. The van der Waals surface area contributed by atoms with Gasteiger partial charge in [0.15, 0.2) is 11.4 Å². The molecular formula is C21H24ClF2N3O2. The van der Waals surface area contributed by atoms with E-state index in [-0.39, 0.29) is 24.9 Å². The zero-order valence-corrected chi connectivity index (χ0v) is 17.2. The Labute approximate surface area is 175 Å². The average molecular weight is 424 g/mol. The molecule has 1 N–H and O–H groups in total. The van der Waals surface area contributed by atoms with Gasteiger partial charge >= 0.3 is 0 Å². The molecule has 2 aromatic rings.